The molecule has 202 valence electrons. The molecule has 2 N–H and O–H groups in total. The van der Waals surface area contributed by atoms with Gasteiger partial charge in [0.15, 0.2) is 0 Å². The second-order valence-corrected chi connectivity index (χ2v) is 10.8. The molecule has 0 aromatic heterocycles. The van der Waals surface area contributed by atoms with E-state index in [0.717, 1.165) is 5.56 Å². The molecule has 0 saturated carbocycles. The van der Waals surface area contributed by atoms with Gasteiger partial charge in [-0.2, -0.15) is 0 Å². The monoisotopic (exact) mass is 505 g/mol. The minimum absolute atomic E-state index is 0.0904. The maximum absolute atomic E-state index is 13.4. The number of carbonyl (C=O) groups excluding carboxylic acids is 4. The van der Waals surface area contributed by atoms with Crippen molar-refractivity contribution in [2.75, 3.05) is 7.05 Å². The number of carbonyl (C=O) groups is 4. The summed E-state index contributed by atoms with van der Waals surface area (Å²) >= 11 is 0. The molecule has 0 heterocycles. The molecule has 0 aliphatic heterocycles. The fraction of sp³-hybridized carbons (Fsp3) is 0.630. The Hall–Kier alpha value is -3.10. The Balaban J connectivity index is 2.91. The lowest BCUT2D eigenvalue weighted by molar-refractivity contribution is -0.149. The van der Waals surface area contributed by atoms with Crippen molar-refractivity contribution in [1.82, 2.24) is 15.5 Å². The fourth-order valence-electron chi connectivity index (χ4n) is 3.43. The summed E-state index contributed by atoms with van der Waals surface area (Å²) in [5.41, 5.74) is 0.121. The average Bonchev–Trinajstić information content (AvgIpc) is 2.77. The largest absolute Gasteiger partial charge is 0.459 e. The van der Waals surface area contributed by atoms with Gasteiger partial charge in [-0.1, -0.05) is 58.0 Å². The molecule has 3 atom stereocenters. The zero-order chi connectivity index (χ0) is 27.6. The van der Waals surface area contributed by atoms with Crippen LogP contribution in [0.1, 0.15) is 67.4 Å². The summed E-state index contributed by atoms with van der Waals surface area (Å²) in [6.45, 7) is 14.3. The van der Waals surface area contributed by atoms with Gasteiger partial charge in [0, 0.05) is 7.05 Å². The van der Waals surface area contributed by atoms with Gasteiger partial charge in [0.25, 0.3) is 0 Å². The summed E-state index contributed by atoms with van der Waals surface area (Å²) in [4.78, 5) is 52.7. The molecule has 3 amide bonds. The number of nitrogens with one attached hydrogen (secondary N) is 2. The Labute approximate surface area is 215 Å². The number of likely N-dealkylation sites (N-methyl/N-ethyl adjacent to an activating group) is 1. The first-order valence-corrected chi connectivity index (χ1v) is 12.4. The van der Waals surface area contributed by atoms with Gasteiger partial charge in [0.1, 0.15) is 30.3 Å². The lowest BCUT2D eigenvalue weighted by atomic mass is 9.98. The van der Waals surface area contributed by atoms with Crippen molar-refractivity contribution in [2.45, 2.75) is 92.1 Å². The summed E-state index contributed by atoms with van der Waals surface area (Å²) < 4.78 is 10.6. The van der Waals surface area contributed by atoms with E-state index in [2.05, 4.69) is 10.6 Å². The van der Waals surface area contributed by atoms with Crippen molar-refractivity contribution in [3.05, 3.63) is 35.9 Å². The zero-order valence-corrected chi connectivity index (χ0v) is 23.1. The number of ether oxygens (including phenoxy) is 2. The first-order valence-electron chi connectivity index (χ1n) is 12.4. The maximum atomic E-state index is 13.4. The lowest BCUT2D eigenvalue weighted by Gasteiger charge is -2.33. The number of esters is 1. The Morgan fingerprint density at radius 2 is 1.53 bits per heavy atom. The molecule has 0 fully saturated rings. The van der Waals surface area contributed by atoms with Crippen LogP contribution in [0, 0.1) is 11.8 Å². The van der Waals surface area contributed by atoms with Crippen molar-refractivity contribution in [3.63, 3.8) is 0 Å². The summed E-state index contributed by atoms with van der Waals surface area (Å²) in [5, 5.41) is 5.31. The minimum Gasteiger partial charge on any atom is -0.459 e. The molecule has 0 saturated heterocycles. The topological polar surface area (TPSA) is 114 Å². The van der Waals surface area contributed by atoms with Gasteiger partial charge < -0.3 is 25.0 Å². The minimum atomic E-state index is -0.903. The highest BCUT2D eigenvalue weighted by molar-refractivity contribution is 5.93. The third-order valence-corrected chi connectivity index (χ3v) is 5.35. The van der Waals surface area contributed by atoms with Crippen molar-refractivity contribution in [1.29, 1.82) is 0 Å². The Morgan fingerprint density at radius 3 is 2.03 bits per heavy atom. The molecular formula is C27H43N3O6. The lowest BCUT2D eigenvalue weighted by Crippen LogP contribution is -2.57. The van der Waals surface area contributed by atoms with E-state index in [1.807, 2.05) is 44.2 Å². The molecule has 0 spiro atoms. The highest BCUT2D eigenvalue weighted by Crippen LogP contribution is 2.16. The van der Waals surface area contributed by atoms with Crippen LogP contribution in [0.15, 0.2) is 30.3 Å². The number of nitrogens with zero attached hydrogens (tertiary/aromatic N) is 1. The number of amides is 3. The van der Waals surface area contributed by atoms with Gasteiger partial charge in [-0.05, 0) is 51.5 Å². The van der Waals surface area contributed by atoms with Gasteiger partial charge in [-0.15, -0.1) is 0 Å². The van der Waals surface area contributed by atoms with Crippen LogP contribution in [-0.2, 0) is 30.5 Å². The Bertz CT molecular complexity index is 879. The van der Waals surface area contributed by atoms with E-state index in [4.69, 9.17) is 9.47 Å². The van der Waals surface area contributed by atoms with E-state index < -0.39 is 47.6 Å². The molecule has 0 bridgehead atoms. The highest BCUT2D eigenvalue weighted by atomic mass is 16.6. The molecule has 1 aromatic rings. The Kier molecular flexibility index (Phi) is 11.9. The number of benzene rings is 1. The predicted octanol–water partition coefficient (Wildman–Crippen LogP) is 3.66. The third kappa shape index (κ3) is 10.7. The zero-order valence-electron chi connectivity index (χ0n) is 23.1. The van der Waals surface area contributed by atoms with E-state index in [1.165, 1.54) is 11.9 Å². The molecular weight excluding hydrogens is 462 g/mol. The summed E-state index contributed by atoms with van der Waals surface area (Å²) in [5.74, 6) is -1.62. The SMILES string of the molecule is CC(C)C[C@@H](C(=O)N[C@@H](C)C(=O)OCc1ccccc1)N(C)C(=O)[C@@H](NC(=O)OC(C)(C)C)C(C)C. The van der Waals surface area contributed by atoms with Crippen LogP contribution in [0.4, 0.5) is 4.79 Å². The average molecular weight is 506 g/mol. The van der Waals surface area contributed by atoms with E-state index >= 15 is 0 Å². The second-order valence-electron chi connectivity index (χ2n) is 10.8. The molecule has 0 radical (unpaired) electrons. The van der Waals surface area contributed by atoms with Crippen molar-refractivity contribution >= 4 is 23.9 Å². The van der Waals surface area contributed by atoms with Gasteiger partial charge in [0.2, 0.25) is 11.8 Å². The number of rotatable bonds is 11. The van der Waals surface area contributed by atoms with E-state index in [9.17, 15) is 19.2 Å². The summed E-state index contributed by atoms with van der Waals surface area (Å²) in [6.07, 6.45) is -0.334. The smallest absolute Gasteiger partial charge is 0.408 e. The molecule has 36 heavy (non-hydrogen) atoms. The first kappa shape index (κ1) is 30.9. The molecule has 1 aromatic carbocycles. The highest BCUT2D eigenvalue weighted by Gasteiger charge is 2.35. The number of hydrogen-bond acceptors (Lipinski definition) is 6. The summed E-state index contributed by atoms with van der Waals surface area (Å²) in [7, 11) is 1.53. The standard InChI is InChI=1S/C27H43N3O6/c1-17(2)15-21(23(31)28-19(5)25(33)35-16-20-13-11-10-12-14-20)30(9)24(32)22(18(3)4)29-26(34)36-27(6,7)8/h10-14,17-19,21-22H,15-16H2,1-9H3,(H,28,31)(H,29,34)/t19-,21-,22-/m0/s1. The van der Waals surface area contributed by atoms with Crippen LogP contribution >= 0.6 is 0 Å². The summed E-state index contributed by atoms with van der Waals surface area (Å²) in [6, 6.07) is 6.61. The van der Waals surface area contributed by atoms with Gasteiger partial charge in [0.05, 0.1) is 0 Å². The second kappa shape index (κ2) is 13.8. The molecule has 0 aliphatic rings. The quantitative estimate of drug-likeness (QED) is 0.444. The van der Waals surface area contributed by atoms with Crippen LogP contribution in [-0.4, -0.2) is 59.6 Å². The Morgan fingerprint density at radius 1 is 0.944 bits per heavy atom. The number of alkyl carbamates (subject to hydrolysis) is 1. The van der Waals surface area contributed by atoms with Gasteiger partial charge in [-0.25, -0.2) is 9.59 Å². The van der Waals surface area contributed by atoms with E-state index in [1.54, 1.807) is 41.5 Å². The molecule has 0 aliphatic carbocycles. The number of hydrogen-bond donors (Lipinski definition) is 2. The third-order valence-electron chi connectivity index (χ3n) is 5.35. The van der Waals surface area contributed by atoms with Crippen LogP contribution in [0.3, 0.4) is 0 Å². The van der Waals surface area contributed by atoms with Crippen LogP contribution in [0.5, 0.6) is 0 Å². The van der Waals surface area contributed by atoms with Gasteiger partial charge in [-0.3, -0.25) is 9.59 Å². The van der Waals surface area contributed by atoms with Crippen molar-refractivity contribution in [2.24, 2.45) is 11.8 Å². The predicted molar refractivity (Wildman–Crippen MR) is 138 cm³/mol. The van der Waals surface area contributed by atoms with Crippen LogP contribution in [0.2, 0.25) is 0 Å². The molecule has 1 rings (SSSR count). The van der Waals surface area contributed by atoms with E-state index in [-0.39, 0.29) is 18.4 Å². The first-order chi connectivity index (χ1) is 16.6. The van der Waals surface area contributed by atoms with Crippen LogP contribution < -0.4 is 10.6 Å². The van der Waals surface area contributed by atoms with Crippen molar-refractivity contribution < 1.29 is 28.7 Å². The van der Waals surface area contributed by atoms with E-state index in [0.29, 0.717) is 6.42 Å². The van der Waals surface area contributed by atoms with Crippen LogP contribution in [0.25, 0.3) is 0 Å². The van der Waals surface area contributed by atoms with Gasteiger partial charge >= 0.3 is 12.1 Å². The molecule has 9 heteroatoms. The molecule has 0 unspecified atom stereocenters. The van der Waals surface area contributed by atoms with Crippen molar-refractivity contribution in [3.8, 4) is 0 Å². The molecule has 9 nitrogen and oxygen atoms in total. The fourth-order valence-corrected chi connectivity index (χ4v) is 3.43. The normalized spacial score (nSPS) is 14.0. The maximum Gasteiger partial charge on any atom is 0.408 e.